The molecule has 0 radical (unpaired) electrons. The zero-order chi connectivity index (χ0) is 20.8. The molecule has 0 fully saturated rings. The first-order valence-electron chi connectivity index (χ1n) is 7.75. The molecule has 10 heteroatoms. The van der Waals surface area contributed by atoms with E-state index in [4.69, 9.17) is 16.3 Å². The highest BCUT2D eigenvalue weighted by Gasteiger charge is 2.19. The molecule has 0 bridgehead atoms. The molecule has 144 valence electrons. The third kappa shape index (κ3) is 5.55. The highest BCUT2D eigenvalue weighted by atomic mass is 127. The van der Waals surface area contributed by atoms with Crippen LogP contribution in [0.4, 0.5) is 11.4 Å². The smallest absolute Gasteiger partial charge is 0.294 e. The highest BCUT2D eigenvalue weighted by Crippen LogP contribution is 2.31. The Morgan fingerprint density at radius 2 is 2.00 bits per heavy atom. The van der Waals surface area contributed by atoms with Crippen LogP contribution in [-0.4, -0.2) is 17.4 Å². The van der Waals surface area contributed by atoms with Gasteiger partial charge in [-0.05, 0) is 88.0 Å². The van der Waals surface area contributed by atoms with E-state index in [1.165, 1.54) is 18.2 Å². The lowest BCUT2D eigenvalue weighted by Crippen LogP contribution is -2.14. The highest BCUT2D eigenvalue weighted by molar-refractivity contribution is 14.1. The predicted molar refractivity (Wildman–Crippen MR) is 123 cm³/mol. The summed E-state index contributed by atoms with van der Waals surface area (Å²) >= 11 is 10.00. The van der Waals surface area contributed by atoms with Crippen LogP contribution in [0.15, 0.2) is 35.9 Å². The van der Waals surface area contributed by atoms with Crippen LogP contribution in [0.25, 0.3) is 6.08 Å². The standard InChI is InChI=1S/C18H12ClI2N3O4/c1-2-28-17-13(20)6-10(7-14(17)21)5-11(9-22)18(25)23-15-4-3-12(19)8-16(15)24(26)27/h3-8H,2H2,1H3,(H,23,25)/b11-5-. The van der Waals surface area contributed by atoms with Gasteiger partial charge in [-0.1, -0.05) is 11.6 Å². The van der Waals surface area contributed by atoms with Gasteiger partial charge in [0.1, 0.15) is 23.1 Å². The fourth-order valence-corrected chi connectivity index (χ4v) is 4.51. The van der Waals surface area contributed by atoms with Crippen molar-refractivity contribution in [3.8, 4) is 11.8 Å². The van der Waals surface area contributed by atoms with Crippen LogP contribution >= 0.6 is 56.8 Å². The lowest BCUT2D eigenvalue weighted by molar-refractivity contribution is -0.383. The molecule has 0 aliphatic heterocycles. The van der Waals surface area contributed by atoms with Crippen molar-refractivity contribution in [3.63, 3.8) is 0 Å². The summed E-state index contributed by atoms with van der Waals surface area (Å²) in [4.78, 5) is 23.0. The number of nitrogens with one attached hydrogen (secondary N) is 1. The minimum Gasteiger partial charge on any atom is -0.492 e. The number of nitro groups is 1. The second kappa shape index (κ2) is 10.0. The molecule has 2 aromatic carbocycles. The van der Waals surface area contributed by atoms with Gasteiger partial charge in [0.05, 0.1) is 18.7 Å². The number of hydrogen-bond acceptors (Lipinski definition) is 5. The lowest BCUT2D eigenvalue weighted by Gasteiger charge is -2.10. The summed E-state index contributed by atoms with van der Waals surface area (Å²) in [5.74, 6) is -0.0209. The molecule has 2 rings (SSSR count). The van der Waals surface area contributed by atoms with E-state index in [9.17, 15) is 20.2 Å². The van der Waals surface area contributed by atoms with E-state index in [2.05, 4.69) is 50.5 Å². The molecular formula is C18H12ClI2N3O4. The van der Waals surface area contributed by atoms with E-state index in [1.54, 1.807) is 12.1 Å². The van der Waals surface area contributed by atoms with Crippen LogP contribution < -0.4 is 10.1 Å². The maximum atomic E-state index is 12.5. The molecule has 0 spiro atoms. The number of carbonyl (C=O) groups is 1. The number of benzene rings is 2. The number of carbonyl (C=O) groups excluding carboxylic acids is 1. The quantitative estimate of drug-likeness (QED) is 0.153. The Bertz CT molecular complexity index is 995. The molecule has 1 N–H and O–H groups in total. The normalized spacial score (nSPS) is 10.9. The molecule has 7 nitrogen and oxygen atoms in total. The maximum absolute atomic E-state index is 12.5. The van der Waals surface area contributed by atoms with Crippen molar-refractivity contribution in [2.24, 2.45) is 0 Å². The van der Waals surface area contributed by atoms with E-state index in [0.717, 1.165) is 19.0 Å². The summed E-state index contributed by atoms with van der Waals surface area (Å²) in [6.07, 6.45) is 1.41. The van der Waals surface area contributed by atoms with Gasteiger partial charge in [-0.25, -0.2) is 0 Å². The van der Waals surface area contributed by atoms with E-state index in [0.29, 0.717) is 12.2 Å². The Hall–Kier alpha value is -1.91. The minimum absolute atomic E-state index is 0.0450. The monoisotopic (exact) mass is 623 g/mol. The van der Waals surface area contributed by atoms with Crippen molar-refractivity contribution in [2.45, 2.75) is 6.92 Å². The average molecular weight is 624 g/mol. The summed E-state index contributed by atoms with van der Waals surface area (Å²) in [7, 11) is 0. The van der Waals surface area contributed by atoms with E-state index >= 15 is 0 Å². The number of nitriles is 1. The maximum Gasteiger partial charge on any atom is 0.294 e. The average Bonchev–Trinajstić information content (AvgIpc) is 2.63. The summed E-state index contributed by atoms with van der Waals surface area (Å²) in [5, 5.41) is 23.1. The van der Waals surface area contributed by atoms with Gasteiger partial charge in [0, 0.05) is 11.1 Å². The number of halogens is 3. The number of nitro benzene ring substituents is 1. The summed E-state index contributed by atoms with van der Waals surface area (Å²) in [5.41, 5.74) is 0.0364. The second-order valence-corrected chi connectivity index (χ2v) is 8.05. The van der Waals surface area contributed by atoms with Crippen molar-refractivity contribution in [1.82, 2.24) is 0 Å². The van der Waals surface area contributed by atoms with Gasteiger partial charge in [-0.2, -0.15) is 5.26 Å². The van der Waals surface area contributed by atoms with Crippen LogP contribution in [0, 0.1) is 28.6 Å². The zero-order valence-corrected chi connectivity index (χ0v) is 19.4. The molecule has 0 saturated heterocycles. The first-order valence-corrected chi connectivity index (χ1v) is 10.3. The van der Waals surface area contributed by atoms with Crippen molar-refractivity contribution < 1.29 is 14.5 Å². The summed E-state index contributed by atoms with van der Waals surface area (Å²) < 4.78 is 7.24. The van der Waals surface area contributed by atoms with Gasteiger partial charge >= 0.3 is 0 Å². The summed E-state index contributed by atoms with van der Waals surface area (Å²) in [6.45, 7) is 2.40. The SMILES string of the molecule is CCOc1c(I)cc(/C=C(/C#N)C(=O)Nc2ccc(Cl)cc2[N+](=O)[O-])cc1I. The van der Waals surface area contributed by atoms with Gasteiger partial charge in [0.15, 0.2) is 0 Å². The summed E-state index contributed by atoms with van der Waals surface area (Å²) in [6, 6.07) is 9.25. The van der Waals surface area contributed by atoms with Gasteiger partial charge in [-0.15, -0.1) is 0 Å². The molecule has 0 aliphatic rings. The molecule has 1 amide bonds. The molecule has 0 heterocycles. The van der Waals surface area contributed by atoms with Crippen LogP contribution in [0.5, 0.6) is 5.75 Å². The number of rotatable bonds is 6. The topological polar surface area (TPSA) is 105 Å². The third-order valence-corrected chi connectivity index (χ3v) is 5.23. The van der Waals surface area contributed by atoms with Crippen LogP contribution in [-0.2, 0) is 4.79 Å². The molecule has 0 saturated carbocycles. The Labute approximate surface area is 193 Å². The van der Waals surface area contributed by atoms with Crippen molar-refractivity contribution in [1.29, 1.82) is 5.26 Å². The van der Waals surface area contributed by atoms with E-state index in [1.807, 2.05) is 13.0 Å². The molecule has 28 heavy (non-hydrogen) atoms. The number of amides is 1. The number of anilines is 1. The largest absolute Gasteiger partial charge is 0.492 e. The fraction of sp³-hybridized carbons (Fsp3) is 0.111. The number of nitrogens with zero attached hydrogens (tertiary/aromatic N) is 2. The van der Waals surface area contributed by atoms with Gasteiger partial charge in [-0.3, -0.25) is 14.9 Å². The molecule has 0 atom stereocenters. The van der Waals surface area contributed by atoms with Gasteiger partial charge in [0.2, 0.25) is 0 Å². The van der Waals surface area contributed by atoms with Gasteiger partial charge in [0.25, 0.3) is 11.6 Å². The molecule has 0 aromatic heterocycles. The number of ether oxygens (including phenoxy) is 1. The van der Waals surface area contributed by atoms with E-state index in [-0.39, 0.29) is 22.0 Å². The first kappa shape index (κ1) is 22.4. The minimum atomic E-state index is -0.758. The van der Waals surface area contributed by atoms with Crippen LogP contribution in [0.2, 0.25) is 5.02 Å². The Morgan fingerprint density at radius 3 is 2.54 bits per heavy atom. The lowest BCUT2D eigenvalue weighted by atomic mass is 10.1. The number of hydrogen-bond donors (Lipinski definition) is 1. The van der Waals surface area contributed by atoms with Gasteiger partial charge < -0.3 is 10.1 Å². The Kier molecular flexibility index (Phi) is 8.02. The zero-order valence-electron chi connectivity index (χ0n) is 14.3. The van der Waals surface area contributed by atoms with Crippen LogP contribution in [0.1, 0.15) is 12.5 Å². The first-order chi connectivity index (χ1) is 13.3. The third-order valence-electron chi connectivity index (χ3n) is 3.39. The molecule has 2 aromatic rings. The molecule has 0 unspecified atom stereocenters. The van der Waals surface area contributed by atoms with E-state index < -0.39 is 10.8 Å². The fourth-order valence-electron chi connectivity index (χ4n) is 2.21. The Balaban J connectivity index is 2.35. The van der Waals surface area contributed by atoms with Crippen LogP contribution in [0.3, 0.4) is 0 Å². The predicted octanol–water partition coefficient (Wildman–Crippen LogP) is 5.40. The molecular weight excluding hydrogens is 611 g/mol. The Morgan fingerprint density at radius 1 is 1.36 bits per heavy atom. The molecule has 0 aliphatic carbocycles. The second-order valence-electron chi connectivity index (χ2n) is 5.29. The van der Waals surface area contributed by atoms with Crippen molar-refractivity contribution in [2.75, 3.05) is 11.9 Å². The van der Waals surface area contributed by atoms with Crippen molar-refractivity contribution >= 4 is 80.1 Å². The van der Waals surface area contributed by atoms with Crippen molar-refractivity contribution in [3.05, 3.63) is 63.7 Å².